The van der Waals surface area contributed by atoms with Gasteiger partial charge >= 0.3 is 0 Å². The van der Waals surface area contributed by atoms with Crippen LogP contribution in [-0.2, 0) is 4.74 Å². The van der Waals surface area contributed by atoms with Gasteiger partial charge in [-0.2, -0.15) is 5.10 Å². The molecule has 2 heterocycles. The number of amides is 1. The van der Waals surface area contributed by atoms with Crippen molar-refractivity contribution in [2.45, 2.75) is 32.4 Å². The van der Waals surface area contributed by atoms with Crippen LogP contribution in [0.4, 0.5) is 0 Å². The van der Waals surface area contributed by atoms with Gasteiger partial charge in [-0.3, -0.25) is 9.89 Å². The molecule has 2 aromatic carbocycles. The Kier molecular flexibility index (Phi) is 5.92. The fraction of sp³-hybridized carbons (Fsp3) is 0.304. The molecule has 1 aromatic heterocycles. The molecule has 2 N–H and O–H groups in total. The topological polar surface area (TPSA) is 78.5 Å². The van der Waals surface area contributed by atoms with E-state index in [0.717, 1.165) is 22.0 Å². The molecule has 0 saturated heterocycles. The third-order valence-electron chi connectivity index (χ3n) is 5.18. The van der Waals surface area contributed by atoms with Crippen LogP contribution in [0.5, 0.6) is 5.75 Å². The molecule has 6 nitrogen and oxygen atoms in total. The maximum absolute atomic E-state index is 13.3. The van der Waals surface area contributed by atoms with E-state index >= 15 is 0 Å². The second-order valence-electron chi connectivity index (χ2n) is 7.61. The predicted octanol–water partition coefficient (Wildman–Crippen LogP) is 4.91. The molecule has 0 fully saturated rings. The number of rotatable bonds is 7. The van der Waals surface area contributed by atoms with E-state index < -0.39 is 0 Å². The summed E-state index contributed by atoms with van der Waals surface area (Å²) in [5.74, 6) is 0.0460. The van der Waals surface area contributed by atoms with E-state index in [1.165, 1.54) is 0 Å². The first-order valence-corrected chi connectivity index (χ1v) is 10.8. The van der Waals surface area contributed by atoms with E-state index in [9.17, 15) is 9.90 Å². The van der Waals surface area contributed by atoms with Gasteiger partial charge in [-0.05, 0) is 50.1 Å². The van der Waals surface area contributed by atoms with Gasteiger partial charge in [0.1, 0.15) is 17.1 Å². The minimum absolute atomic E-state index is 0.0892. The summed E-state index contributed by atoms with van der Waals surface area (Å²) in [5.41, 5.74) is 3.46. The van der Waals surface area contributed by atoms with Gasteiger partial charge in [0, 0.05) is 28.8 Å². The van der Waals surface area contributed by atoms with Crippen molar-refractivity contribution in [2.75, 3.05) is 13.2 Å². The zero-order valence-corrected chi connectivity index (χ0v) is 18.5. The quantitative estimate of drug-likeness (QED) is 0.482. The normalized spacial score (nSPS) is 15.8. The fourth-order valence-electron chi connectivity index (χ4n) is 3.88. The molecular formula is C23H24BrN3O3. The van der Waals surface area contributed by atoms with Gasteiger partial charge in [-0.15, -0.1) is 0 Å². The molecule has 0 aliphatic carbocycles. The summed E-state index contributed by atoms with van der Waals surface area (Å²) < 4.78 is 6.61. The lowest BCUT2D eigenvalue weighted by molar-refractivity contribution is 0.0601. The summed E-state index contributed by atoms with van der Waals surface area (Å²) in [4.78, 5) is 15.1. The number of aromatic amines is 1. The summed E-state index contributed by atoms with van der Waals surface area (Å²) in [7, 11) is 0. The summed E-state index contributed by atoms with van der Waals surface area (Å²) in [6, 6.07) is 14.7. The van der Waals surface area contributed by atoms with Crippen molar-refractivity contribution in [3.63, 3.8) is 0 Å². The molecule has 1 aliphatic rings. The van der Waals surface area contributed by atoms with Crippen LogP contribution < -0.4 is 0 Å². The number of hydrogen-bond acceptors (Lipinski definition) is 4. The highest BCUT2D eigenvalue weighted by atomic mass is 79.9. The molecule has 7 heteroatoms. The van der Waals surface area contributed by atoms with Gasteiger partial charge in [0.2, 0.25) is 0 Å². The van der Waals surface area contributed by atoms with E-state index in [2.05, 4.69) is 26.1 Å². The van der Waals surface area contributed by atoms with E-state index in [0.29, 0.717) is 30.1 Å². The zero-order valence-electron chi connectivity index (χ0n) is 16.9. The Balaban J connectivity index is 1.76. The number of carbonyl (C=O) groups excluding carboxylic acids is 1. The van der Waals surface area contributed by atoms with Crippen molar-refractivity contribution in [2.24, 2.45) is 0 Å². The number of para-hydroxylation sites is 1. The van der Waals surface area contributed by atoms with Gasteiger partial charge in [-0.25, -0.2) is 0 Å². The standard InChI is InChI=1S/C23H24BrN3O3/c1-14(2)30-12-6-11-27-22(15-7-5-8-16(24)13-15)19-20(25-26-21(19)23(27)29)17-9-3-4-10-18(17)28/h3-5,7-10,13-14,22,28H,6,11-12H2,1-2H3,(H,25,26)/t22-/m0/s1. The number of hydrogen-bond donors (Lipinski definition) is 2. The van der Waals surface area contributed by atoms with Crippen molar-refractivity contribution in [1.29, 1.82) is 0 Å². The maximum Gasteiger partial charge on any atom is 0.273 e. The minimum Gasteiger partial charge on any atom is -0.507 e. The lowest BCUT2D eigenvalue weighted by Crippen LogP contribution is -2.31. The second kappa shape index (κ2) is 8.62. The molecule has 0 radical (unpaired) electrons. The number of nitrogens with one attached hydrogen (secondary N) is 1. The molecule has 0 saturated carbocycles. The Morgan fingerprint density at radius 3 is 2.77 bits per heavy atom. The molecule has 156 valence electrons. The van der Waals surface area contributed by atoms with Crippen LogP contribution in [0.1, 0.15) is 47.9 Å². The zero-order chi connectivity index (χ0) is 21.3. The molecule has 1 atom stereocenters. The first kappa shape index (κ1) is 20.6. The summed E-state index contributed by atoms with van der Waals surface area (Å²) >= 11 is 3.54. The Morgan fingerprint density at radius 1 is 1.23 bits per heavy atom. The van der Waals surface area contributed by atoms with Crippen LogP contribution in [0, 0.1) is 0 Å². The van der Waals surface area contributed by atoms with Crippen LogP contribution >= 0.6 is 15.9 Å². The summed E-state index contributed by atoms with van der Waals surface area (Å²) in [6.07, 6.45) is 0.891. The molecule has 3 aromatic rings. The molecule has 0 bridgehead atoms. The lowest BCUT2D eigenvalue weighted by Gasteiger charge is -2.26. The molecular weight excluding hydrogens is 446 g/mol. The van der Waals surface area contributed by atoms with Crippen LogP contribution in [0.15, 0.2) is 53.0 Å². The monoisotopic (exact) mass is 469 g/mol. The van der Waals surface area contributed by atoms with Crippen LogP contribution in [0.3, 0.4) is 0 Å². The van der Waals surface area contributed by atoms with Gasteiger partial charge < -0.3 is 14.7 Å². The Labute approximate surface area is 184 Å². The predicted molar refractivity (Wildman–Crippen MR) is 118 cm³/mol. The highest BCUT2D eigenvalue weighted by Crippen LogP contribution is 2.44. The maximum atomic E-state index is 13.3. The van der Waals surface area contributed by atoms with E-state index in [-0.39, 0.29) is 23.8 Å². The largest absolute Gasteiger partial charge is 0.507 e. The number of aromatic hydroxyl groups is 1. The van der Waals surface area contributed by atoms with Crippen LogP contribution in [-0.4, -0.2) is 45.4 Å². The smallest absolute Gasteiger partial charge is 0.273 e. The van der Waals surface area contributed by atoms with E-state index in [4.69, 9.17) is 4.74 Å². The molecule has 0 spiro atoms. The first-order chi connectivity index (χ1) is 14.5. The minimum atomic E-state index is -0.294. The number of aromatic nitrogens is 2. The molecule has 1 aliphatic heterocycles. The molecule has 0 unspecified atom stereocenters. The number of nitrogens with zero attached hydrogens (tertiary/aromatic N) is 2. The number of halogens is 1. The lowest BCUT2D eigenvalue weighted by atomic mass is 9.95. The van der Waals surface area contributed by atoms with Crippen molar-refractivity contribution in [1.82, 2.24) is 15.1 Å². The van der Waals surface area contributed by atoms with Gasteiger partial charge in [-0.1, -0.05) is 40.2 Å². The number of H-pyrrole nitrogens is 1. The van der Waals surface area contributed by atoms with Crippen LogP contribution in [0.2, 0.25) is 0 Å². The van der Waals surface area contributed by atoms with Crippen molar-refractivity contribution in [3.05, 3.63) is 69.8 Å². The Morgan fingerprint density at radius 2 is 2.03 bits per heavy atom. The second-order valence-corrected chi connectivity index (χ2v) is 8.52. The number of carbonyl (C=O) groups is 1. The van der Waals surface area contributed by atoms with Crippen molar-refractivity contribution >= 4 is 21.8 Å². The average molecular weight is 470 g/mol. The highest BCUT2D eigenvalue weighted by molar-refractivity contribution is 9.10. The van der Waals surface area contributed by atoms with Gasteiger partial charge in [0.15, 0.2) is 0 Å². The number of phenols is 1. The molecule has 30 heavy (non-hydrogen) atoms. The number of ether oxygens (including phenoxy) is 1. The fourth-order valence-corrected chi connectivity index (χ4v) is 4.30. The SMILES string of the molecule is CC(C)OCCCN1C(=O)c2[nH]nc(-c3ccccc3O)c2[C@@H]1c1cccc(Br)c1. The van der Waals surface area contributed by atoms with E-state index in [1.807, 2.05) is 55.1 Å². The van der Waals surface area contributed by atoms with Crippen molar-refractivity contribution in [3.8, 4) is 17.0 Å². The highest BCUT2D eigenvalue weighted by Gasteiger charge is 2.42. The van der Waals surface area contributed by atoms with Gasteiger partial charge in [0.05, 0.1) is 12.1 Å². The van der Waals surface area contributed by atoms with Crippen LogP contribution in [0.25, 0.3) is 11.3 Å². The Bertz CT molecular complexity index is 1060. The number of phenolic OH excluding ortho intramolecular Hbond substituents is 1. The third kappa shape index (κ3) is 3.87. The number of benzene rings is 2. The summed E-state index contributed by atoms with van der Waals surface area (Å²) in [6.45, 7) is 5.15. The summed E-state index contributed by atoms with van der Waals surface area (Å²) in [5, 5.41) is 17.7. The third-order valence-corrected chi connectivity index (χ3v) is 5.68. The average Bonchev–Trinajstić information content (AvgIpc) is 3.25. The Hall–Kier alpha value is -2.64. The molecule has 1 amide bonds. The van der Waals surface area contributed by atoms with Gasteiger partial charge in [0.25, 0.3) is 5.91 Å². The first-order valence-electron chi connectivity index (χ1n) is 10.0. The molecule has 4 rings (SSSR count). The van der Waals surface area contributed by atoms with Crippen molar-refractivity contribution < 1.29 is 14.6 Å². The number of fused-ring (bicyclic) bond motifs is 1. The van der Waals surface area contributed by atoms with E-state index in [1.54, 1.807) is 12.1 Å².